The van der Waals surface area contributed by atoms with E-state index in [9.17, 15) is 4.79 Å². The van der Waals surface area contributed by atoms with Crippen LogP contribution in [0.15, 0.2) is 52.1 Å². The highest BCUT2D eigenvalue weighted by Gasteiger charge is 2.41. The Bertz CT molecular complexity index is 1400. The first kappa shape index (κ1) is 24.1. The number of aryl methyl sites for hydroxylation is 1. The average Bonchev–Trinajstić information content (AvgIpc) is 3.36. The molecule has 3 aliphatic rings. The highest BCUT2D eigenvalue weighted by Crippen LogP contribution is 2.40. The number of aliphatic imine (C=N–C) groups is 1. The second kappa shape index (κ2) is 9.59. The van der Waals surface area contributed by atoms with E-state index in [1.54, 1.807) is 17.2 Å². The van der Waals surface area contributed by atoms with Crippen molar-refractivity contribution in [2.75, 3.05) is 66.3 Å². The lowest BCUT2D eigenvalue weighted by atomic mass is 10.1. The maximum Gasteiger partial charge on any atom is 0.270 e. The van der Waals surface area contributed by atoms with Crippen LogP contribution in [0.3, 0.4) is 0 Å². The summed E-state index contributed by atoms with van der Waals surface area (Å²) in [7, 11) is 2.16. The zero-order valence-electron chi connectivity index (χ0n) is 20.6. The van der Waals surface area contributed by atoms with Crippen LogP contribution in [-0.4, -0.2) is 73.1 Å². The molecule has 190 valence electrons. The van der Waals surface area contributed by atoms with Crippen molar-refractivity contribution in [3.05, 3.63) is 63.2 Å². The van der Waals surface area contributed by atoms with Crippen molar-refractivity contribution in [2.24, 2.45) is 4.99 Å². The fourth-order valence-corrected chi connectivity index (χ4v) is 5.91. The van der Waals surface area contributed by atoms with Crippen molar-refractivity contribution in [3.63, 3.8) is 0 Å². The van der Waals surface area contributed by atoms with Gasteiger partial charge < -0.3 is 15.1 Å². The number of piperazine rings is 1. The number of hydrogen-bond acceptors (Lipinski definition) is 8. The van der Waals surface area contributed by atoms with Crippen LogP contribution in [0.25, 0.3) is 0 Å². The van der Waals surface area contributed by atoms with Gasteiger partial charge in [-0.05, 0) is 65.8 Å². The Hall–Kier alpha value is -3.21. The summed E-state index contributed by atoms with van der Waals surface area (Å²) in [6.45, 7) is 7.46. The minimum atomic E-state index is -0.264. The highest BCUT2D eigenvalue weighted by molar-refractivity contribution is 9.10. The smallest absolute Gasteiger partial charge is 0.270 e. The number of fused-ring (bicyclic) bond motifs is 3. The summed E-state index contributed by atoms with van der Waals surface area (Å²) in [6, 6.07) is 11.7. The van der Waals surface area contributed by atoms with E-state index in [2.05, 4.69) is 67.1 Å². The number of anilines is 5. The number of amides is 1. The quantitative estimate of drug-likeness (QED) is 0.485. The summed E-state index contributed by atoms with van der Waals surface area (Å²) < 4.78 is 0.709. The first-order valence-electron chi connectivity index (χ1n) is 12.2. The highest BCUT2D eigenvalue weighted by atomic mass is 79.9. The molecule has 0 aliphatic carbocycles. The molecule has 9 nitrogen and oxygen atoms in total. The van der Waals surface area contributed by atoms with Crippen LogP contribution in [-0.2, 0) is 0 Å². The number of para-hydroxylation sites is 1. The van der Waals surface area contributed by atoms with Crippen LogP contribution in [0.2, 0.25) is 5.02 Å². The number of carbonyl (C=O) groups excluding carboxylic acids is 1. The van der Waals surface area contributed by atoms with Crippen LogP contribution in [0.1, 0.15) is 15.9 Å². The van der Waals surface area contributed by atoms with Crippen LogP contribution in [0.5, 0.6) is 0 Å². The molecule has 2 aromatic carbocycles. The van der Waals surface area contributed by atoms with Crippen molar-refractivity contribution in [3.8, 4) is 0 Å². The van der Waals surface area contributed by atoms with Gasteiger partial charge in [0.1, 0.15) is 5.56 Å². The van der Waals surface area contributed by atoms with Crippen LogP contribution in [0.4, 0.5) is 28.8 Å². The Morgan fingerprint density at radius 3 is 2.65 bits per heavy atom. The molecule has 6 rings (SSSR count). The van der Waals surface area contributed by atoms with E-state index < -0.39 is 0 Å². The molecule has 1 fully saturated rings. The molecule has 1 saturated heterocycles. The van der Waals surface area contributed by atoms with Gasteiger partial charge in [-0.2, -0.15) is 4.98 Å². The maximum absolute atomic E-state index is 13.6. The van der Waals surface area contributed by atoms with Crippen molar-refractivity contribution < 1.29 is 4.79 Å². The summed E-state index contributed by atoms with van der Waals surface area (Å²) in [4.78, 5) is 35.7. The summed E-state index contributed by atoms with van der Waals surface area (Å²) in [6.07, 6.45) is 1.57. The molecule has 0 spiro atoms. The third-order valence-electron chi connectivity index (χ3n) is 6.93. The van der Waals surface area contributed by atoms with Gasteiger partial charge in [0.2, 0.25) is 11.9 Å². The van der Waals surface area contributed by atoms with Crippen LogP contribution in [0, 0.1) is 6.92 Å². The van der Waals surface area contributed by atoms with E-state index in [1.165, 1.54) is 11.3 Å². The Morgan fingerprint density at radius 1 is 1.08 bits per heavy atom. The number of halogens is 2. The van der Waals surface area contributed by atoms with Crippen LogP contribution >= 0.6 is 27.5 Å². The van der Waals surface area contributed by atoms with Crippen molar-refractivity contribution in [2.45, 2.75) is 6.92 Å². The van der Waals surface area contributed by atoms with Gasteiger partial charge in [0, 0.05) is 54.8 Å². The number of carbonyl (C=O) groups is 1. The third kappa shape index (κ3) is 4.32. The molecular formula is C26H26BrClN8O. The minimum Gasteiger partial charge on any atom is -0.369 e. The van der Waals surface area contributed by atoms with Gasteiger partial charge in [0.15, 0.2) is 5.82 Å². The van der Waals surface area contributed by atoms with E-state index >= 15 is 0 Å². The molecule has 11 heteroatoms. The Morgan fingerprint density at radius 2 is 1.89 bits per heavy atom. The molecule has 0 atom stereocenters. The number of hydrogen-bond donors (Lipinski definition) is 1. The lowest BCUT2D eigenvalue weighted by Crippen LogP contribution is -2.51. The van der Waals surface area contributed by atoms with E-state index in [4.69, 9.17) is 16.6 Å². The summed E-state index contributed by atoms with van der Waals surface area (Å²) in [5.41, 5.74) is 4.30. The largest absolute Gasteiger partial charge is 0.369 e. The molecule has 3 aromatic rings. The van der Waals surface area contributed by atoms with Gasteiger partial charge in [-0.1, -0.05) is 17.7 Å². The van der Waals surface area contributed by atoms with Gasteiger partial charge >= 0.3 is 0 Å². The second-order valence-electron chi connectivity index (χ2n) is 9.39. The number of nitrogens with one attached hydrogen (secondary N) is 1. The lowest BCUT2D eigenvalue weighted by Gasteiger charge is -2.35. The Balaban J connectivity index is 1.29. The fourth-order valence-electron chi connectivity index (χ4n) is 5.00. The molecule has 37 heavy (non-hydrogen) atoms. The Labute approximate surface area is 228 Å². The molecule has 1 aromatic heterocycles. The van der Waals surface area contributed by atoms with Gasteiger partial charge in [-0.3, -0.25) is 14.7 Å². The number of aromatic nitrogens is 2. The zero-order valence-corrected chi connectivity index (χ0v) is 22.9. The van der Waals surface area contributed by atoms with Crippen molar-refractivity contribution >= 4 is 68.2 Å². The van der Waals surface area contributed by atoms with Gasteiger partial charge in [0.05, 0.1) is 17.3 Å². The summed E-state index contributed by atoms with van der Waals surface area (Å²) in [5.74, 6) is 1.23. The zero-order chi connectivity index (χ0) is 25.7. The Kier molecular flexibility index (Phi) is 6.26. The molecule has 3 aliphatic heterocycles. The minimum absolute atomic E-state index is 0.264. The monoisotopic (exact) mass is 580 g/mol. The van der Waals surface area contributed by atoms with Gasteiger partial charge in [0.25, 0.3) is 5.91 Å². The molecule has 1 amide bonds. The maximum atomic E-state index is 13.6. The van der Waals surface area contributed by atoms with Gasteiger partial charge in [-0.15, -0.1) is 0 Å². The second-order valence-corrected chi connectivity index (χ2v) is 10.7. The predicted octanol–water partition coefficient (Wildman–Crippen LogP) is 4.53. The molecule has 4 heterocycles. The summed E-state index contributed by atoms with van der Waals surface area (Å²) in [5, 5.41) is 3.77. The lowest BCUT2D eigenvalue weighted by molar-refractivity contribution is 0.0999. The van der Waals surface area contributed by atoms with Gasteiger partial charge in [-0.25, -0.2) is 9.88 Å². The topological polar surface area (TPSA) is 80.2 Å². The number of nitrogens with zero attached hydrogens (tertiary/aromatic N) is 7. The van der Waals surface area contributed by atoms with E-state index in [1.807, 2.05) is 23.1 Å². The predicted molar refractivity (Wildman–Crippen MR) is 152 cm³/mol. The van der Waals surface area contributed by atoms with Crippen molar-refractivity contribution in [1.29, 1.82) is 0 Å². The van der Waals surface area contributed by atoms with E-state index in [-0.39, 0.29) is 5.91 Å². The van der Waals surface area contributed by atoms with Crippen molar-refractivity contribution in [1.82, 2.24) is 14.9 Å². The molecule has 0 radical (unpaired) electrons. The normalized spacial score (nSPS) is 17.6. The van der Waals surface area contributed by atoms with Crippen LogP contribution < -0.4 is 20.0 Å². The average molecular weight is 582 g/mol. The van der Waals surface area contributed by atoms with E-state index in [0.29, 0.717) is 51.6 Å². The first-order valence-corrected chi connectivity index (χ1v) is 13.4. The molecule has 0 bridgehead atoms. The first-order chi connectivity index (χ1) is 17.9. The number of benzene rings is 2. The third-order valence-corrected chi connectivity index (χ3v) is 7.88. The fraction of sp³-hybridized carbons (Fsp3) is 0.308. The molecule has 0 saturated carbocycles. The molecule has 0 unspecified atom stereocenters. The SMILES string of the molecule is Cc1cc(Nc2ncc3c(n2)N2CCN=C2N(c2c(Cl)cccc2Br)C3=O)ccc1N1CCN(C)CC1. The number of likely N-dealkylation sites (N-methyl/N-ethyl adjacent to an activating group) is 1. The number of rotatable bonds is 4. The number of guanidine groups is 1. The summed E-state index contributed by atoms with van der Waals surface area (Å²) >= 11 is 10.0. The molecular weight excluding hydrogens is 556 g/mol. The molecule has 1 N–H and O–H groups in total. The van der Waals surface area contributed by atoms with E-state index in [0.717, 1.165) is 31.9 Å². The standard InChI is InChI=1S/C26H26BrClN8O/c1-16-14-17(6-7-21(16)34-12-10-33(2)11-13-34)31-25-30-15-18-23(32-25)35-9-8-29-26(35)36(24(18)37)22-19(27)4-3-5-20(22)28/h3-7,14-15H,8-13H2,1-2H3,(H,30,31,32).